The van der Waals surface area contributed by atoms with Crippen molar-refractivity contribution in [3.8, 4) is 0 Å². The molecule has 2 aromatic heterocycles. The van der Waals surface area contributed by atoms with Crippen molar-refractivity contribution in [2.45, 2.75) is 27.7 Å². The van der Waals surface area contributed by atoms with E-state index in [4.69, 9.17) is 0 Å². The van der Waals surface area contributed by atoms with Crippen molar-refractivity contribution in [3.63, 3.8) is 0 Å². The molecule has 0 N–H and O–H groups in total. The lowest BCUT2D eigenvalue weighted by molar-refractivity contribution is -0.660. The smallest absolute Gasteiger partial charge is 0.258 e. The summed E-state index contributed by atoms with van der Waals surface area (Å²) >= 11 is 3.37. The van der Waals surface area contributed by atoms with Crippen molar-refractivity contribution in [2.75, 3.05) is 19.0 Å². The lowest BCUT2D eigenvalue weighted by Crippen LogP contribution is -2.35. The summed E-state index contributed by atoms with van der Waals surface area (Å²) in [6.45, 7) is 8.46. The van der Waals surface area contributed by atoms with Crippen molar-refractivity contribution >= 4 is 37.8 Å². The molecule has 0 saturated carbocycles. The highest BCUT2D eigenvalue weighted by molar-refractivity contribution is 7.19. The monoisotopic (exact) mass is 309 g/mol. The summed E-state index contributed by atoms with van der Waals surface area (Å²) in [4.78, 5) is 3.42. The molecular formula is C14H21N4S2+. The SMILES string of the molecule is Cc1sc(/N=N/c2sc(N(C)C)[n+](C)c2C)c(C)c1C. The first-order chi connectivity index (χ1) is 9.32. The lowest BCUT2D eigenvalue weighted by Gasteiger charge is -2.01. The van der Waals surface area contributed by atoms with Crippen LogP contribution in [0.4, 0.5) is 15.1 Å². The summed E-state index contributed by atoms with van der Waals surface area (Å²) in [7, 11) is 6.15. The normalized spacial score (nSPS) is 11.6. The van der Waals surface area contributed by atoms with Crippen LogP contribution in [0.15, 0.2) is 10.2 Å². The maximum atomic E-state index is 4.46. The highest BCUT2D eigenvalue weighted by Gasteiger charge is 2.19. The number of thiazole rings is 1. The van der Waals surface area contributed by atoms with E-state index in [1.54, 1.807) is 22.7 Å². The lowest BCUT2D eigenvalue weighted by atomic mass is 10.2. The van der Waals surface area contributed by atoms with Gasteiger partial charge in [0.1, 0.15) is 10.7 Å². The Bertz CT molecular complexity index is 665. The Balaban J connectivity index is 2.37. The van der Waals surface area contributed by atoms with Gasteiger partial charge < -0.3 is 0 Å². The molecule has 0 aromatic carbocycles. The largest absolute Gasteiger partial charge is 0.337 e. The van der Waals surface area contributed by atoms with Crippen molar-refractivity contribution in [2.24, 2.45) is 17.3 Å². The average Bonchev–Trinajstić information content (AvgIpc) is 2.81. The summed E-state index contributed by atoms with van der Waals surface area (Å²) in [5.41, 5.74) is 3.71. The zero-order chi connectivity index (χ0) is 15.0. The first-order valence-electron chi connectivity index (χ1n) is 6.48. The molecule has 0 radical (unpaired) electrons. The Morgan fingerprint density at radius 3 is 1.95 bits per heavy atom. The molecule has 0 aliphatic carbocycles. The molecule has 0 unspecified atom stereocenters. The van der Waals surface area contributed by atoms with Gasteiger partial charge in [-0.1, -0.05) is 0 Å². The van der Waals surface area contributed by atoms with Gasteiger partial charge >= 0.3 is 5.13 Å². The molecule has 2 rings (SSSR count). The molecule has 4 nitrogen and oxygen atoms in total. The van der Waals surface area contributed by atoms with E-state index in [0.29, 0.717) is 0 Å². The van der Waals surface area contributed by atoms with Crippen molar-refractivity contribution in [1.29, 1.82) is 0 Å². The average molecular weight is 309 g/mol. The van der Waals surface area contributed by atoms with Gasteiger partial charge in [0.25, 0.3) is 0 Å². The van der Waals surface area contributed by atoms with E-state index >= 15 is 0 Å². The van der Waals surface area contributed by atoms with Gasteiger partial charge in [-0.25, -0.2) is 4.57 Å². The third-order valence-corrected chi connectivity index (χ3v) is 6.15. The van der Waals surface area contributed by atoms with E-state index in [2.05, 4.69) is 54.4 Å². The van der Waals surface area contributed by atoms with Crippen LogP contribution >= 0.6 is 22.7 Å². The molecule has 0 aliphatic heterocycles. The fourth-order valence-electron chi connectivity index (χ4n) is 1.91. The molecule has 108 valence electrons. The molecule has 2 aromatic rings. The van der Waals surface area contributed by atoms with Crippen molar-refractivity contribution < 1.29 is 4.57 Å². The van der Waals surface area contributed by atoms with Gasteiger partial charge in [0.05, 0.1) is 21.1 Å². The first-order valence-corrected chi connectivity index (χ1v) is 8.11. The summed E-state index contributed by atoms with van der Waals surface area (Å²) < 4.78 is 2.15. The third kappa shape index (κ3) is 2.62. The quantitative estimate of drug-likeness (QED) is 0.612. The van der Waals surface area contributed by atoms with Crippen LogP contribution in [0.1, 0.15) is 21.7 Å². The number of azo groups is 1. The Morgan fingerprint density at radius 2 is 1.50 bits per heavy atom. The van der Waals surface area contributed by atoms with Crippen LogP contribution in [0, 0.1) is 27.7 Å². The minimum atomic E-state index is 0.972. The predicted octanol–water partition coefficient (Wildman–Crippen LogP) is 4.35. The summed E-state index contributed by atoms with van der Waals surface area (Å²) in [5, 5.41) is 12.1. The topological polar surface area (TPSA) is 31.8 Å². The number of hydrogen-bond donors (Lipinski definition) is 0. The van der Waals surface area contributed by atoms with Crippen LogP contribution in [0.5, 0.6) is 0 Å². The zero-order valence-corrected chi connectivity index (χ0v) is 14.7. The Kier molecular flexibility index (Phi) is 4.25. The van der Waals surface area contributed by atoms with E-state index in [-0.39, 0.29) is 0 Å². The molecule has 0 saturated heterocycles. The van der Waals surface area contributed by atoms with Crippen molar-refractivity contribution in [3.05, 3.63) is 21.7 Å². The fourth-order valence-corrected chi connectivity index (χ4v) is 3.89. The van der Waals surface area contributed by atoms with Gasteiger partial charge in [0.15, 0.2) is 5.00 Å². The number of rotatable bonds is 3. The van der Waals surface area contributed by atoms with E-state index in [9.17, 15) is 0 Å². The van der Waals surface area contributed by atoms with Crippen LogP contribution < -0.4 is 9.47 Å². The van der Waals surface area contributed by atoms with Crippen molar-refractivity contribution in [1.82, 2.24) is 0 Å². The fraction of sp³-hybridized carbons (Fsp3) is 0.500. The van der Waals surface area contributed by atoms with Gasteiger partial charge in [-0.2, -0.15) is 0 Å². The molecule has 0 amide bonds. The predicted molar refractivity (Wildman–Crippen MR) is 87.3 cm³/mol. The number of thiophene rings is 1. The third-order valence-electron chi connectivity index (χ3n) is 3.56. The van der Waals surface area contributed by atoms with E-state index in [0.717, 1.165) is 15.7 Å². The highest BCUT2D eigenvalue weighted by Crippen LogP contribution is 2.37. The summed E-state index contributed by atoms with van der Waals surface area (Å²) in [6, 6.07) is 0. The van der Waals surface area contributed by atoms with E-state index in [1.165, 1.54) is 21.1 Å². The standard InChI is InChI=1S/C14H21N4S2/c1-8-9(2)12(19-11(8)4)15-16-13-10(3)18(7)14(20-13)17(5)6/h1-7H3/q+1/b16-15+. The molecular weight excluding hydrogens is 288 g/mol. The van der Waals surface area contributed by atoms with Gasteiger partial charge in [-0.05, 0) is 43.2 Å². The van der Waals surface area contributed by atoms with Gasteiger partial charge in [0, 0.05) is 11.8 Å². The molecule has 0 spiro atoms. The minimum absolute atomic E-state index is 0.972. The Morgan fingerprint density at radius 1 is 0.900 bits per heavy atom. The molecule has 0 atom stereocenters. The summed E-state index contributed by atoms with van der Waals surface area (Å²) in [5.74, 6) is 0. The minimum Gasteiger partial charge on any atom is -0.258 e. The number of anilines is 1. The molecule has 20 heavy (non-hydrogen) atoms. The first kappa shape index (κ1) is 15.1. The maximum absolute atomic E-state index is 4.46. The van der Waals surface area contributed by atoms with Crippen LogP contribution in [-0.4, -0.2) is 14.1 Å². The second-order valence-corrected chi connectivity index (χ2v) is 7.30. The molecule has 6 heteroatoms. The van der Waals surface area contributed by atoms with Crippen LogP contribution in [0.3, 0.4) is 0 Å². The van der Waals surface area contributed by atoms with Crippen LogP contribution in [-0.2, 0) is 7.05 Å². The van der Waals surface area contributed by atoms with Gasteiger partial charge in [-0.15, -0.1) is 21.6 Å². The highest BCUT2D eigenvalue weighted by atomic mass is 32.1. The summed E-state index contributed by atoms with van der Waals surface area (Å²) in [6.07, 6.45) is 0. The number of nitrogens with zero attached hydrogens (tertiary/aromatic N) is 4. The maximum Gasteiger partial charge on any atom is 0.337 e. The van der Waals surface area contributed by atoms with Crippen LogP contribution in [0.2, 0.25) is 0 Å². The number of hydrogen-bond acceptors (Lipinski definition) is 5. The molecule has 2 heterocycles. The molecule has 0 bridgehead atoms. The van der Waals surface area contributed by atoms with Crippen LogP contribution in [0.25, 0.3) is 0 Å². The molecule has 0 fully saturated rings. The number of aryl methyl sites for hydroxylation is 1. The van der Waals surface area contributed by atoms with E-state index in [1.807, 2.05) is 14.1 Å². The second-order valence-electron chi connectivity index (χ2n) is 5.14. The molecule has 0 aliphatic rings. The van der Waals surface area contributed by atoms with Gasteiger partial charge in [-0.3, -0.25) is 4.90 Å². The van der Waals surface area contributed by atoms with Gasteiger partial charge in [0.2, 0.25) is 0 Å². The number of aromatic nitrogens is 1. The zero-order valence-electron chi connectivity index (χ0n) is 13.1. The second kappa shape index (κ2) is 5.61. The Labute approximate surface area is 128 Å². The Hall–Kier alpha value is -1.27. The van der Waals surface area contributed by atoms with E-state index < -0.39 is 0 Å².